The van der Waals surface area contributed by atoms with Crippen molar-refractivity contribution in [3.05, 3.63) is 23.7 Å². The lowest BCUT2D eigenvalue weighted by atomic mass is 10.2. The van der Waals surface area contributed by atoms with Crippen LogP contribution in [0.5, 0.6) is 0 Å². The van der Waals surface area contributed by atoms with Gasteiger partial charge in [0, 0.05) is 5.39 Å². The first-order valence-electron chi connectivity index (χ1n) is 4.43. The molecule has 17 heavy (non-hydrogen) atoms. The Labute approximate surface area is 92.6 Å². The number of methoxy groups -OCH3 is 1. The first-order chi connectivity index (χ1) is 7.93. The molecule has 0 aromatic carbocycles. The van der Waals surface area contributed by atoms with Gasteiger partial charge in [-0.1, -0.05) is 0 Å². The summed E-state index contributed by atoms with van der Waals surface area (Å²) in [6, 6.07) is 0.994. The third kappa shape index (κ3) is 1.93. The quantitative estimate of drug-likeness (QED) is 0.777. The fourth-order valence-corrected chi connectivity index (χ4v) is 1.35. The molecule has 0 aliphatic carbocycles. The molecule has 0 amide bonds. The predicted octanol–water partition coefficient (Wildman–Crippen LogP) is 1.76. The third-order valence-electron chi connectivity index (χ3n) is 2.12. The van der Waals surface area contributed by atoms with E-state index in [1.54, 1.807) is 0 Å². The first kappa shape index (κ1) is 11.4. The smallest absolute Gasteiger partial charge is 0.433 e. The zero-order valence-electron chi connectivity index (χ0n) is 8.50. The second-order valence-electron chi connectivity index (χ2n) is 3.17. The minimum absolute atomic E-state index is 0.0324. The number of nitrogens with one attached hydrogen (secondary N) is 1. The number of rotatable bonds is 1. The summed E-state index contributed by atoms with van der Waals surface area (Å²) in [5.41, 5.74) is -1.18. The van der Waals surface area contributed by atoms with Crippen LogP contribution in [0.3, 0.4) is 0 Å². The summed E-state index contributed by atoms with van der Waals surface area (Å²) >= 11 is 0. The van der Waals surface area contributed by atoms with Crippen molar-refractivity contribution in [2.75, 3.05) is 7.11 Å². The molecule has 0 saturated heterocycles. The molecular weight excluding hydrogens is 239 g/mol. The molecule has 8 heteroatoms. The van der Waals surface area contributed by atoms with Gasteiger partial charge >= 0.3 is 12.1 Å². The first-order valence-corrected chi connectivity index (χ1v) is 4.43. The topological polar surface area (TPSA) is 67.9 Å². The van der Waals surface area contributed by atoms with Gasteiger partial charge in [-0.3, -0.25) is 5.10 Å². The zero-order valence-corrected chi connectivity index (χ0v) is 8.50. The van der Waals surface area contributed by atoms with Gasteiger partial charge in [-0.15, -0.1) is 0 Å². The summed E-state index contributed by atoms with van der Waals surface area (Å²) in [6.45, 7) is 0. The van der Waals surface area contributed by atoms with Crippen molar-refractivity contribution in [2.24, 2.45) is 0 Å². The second-order valence-corrected chi connectivity index (χ2v) is 3.17. The number of aromatic nitrogens is 3. The van der Waals surface area contributed by atoms with Crippen molar-refractivity contribution >= 4 is 16.9 Å². The molecule has 0 saturated carbocycles. The van der Waals surface area contributed by atoms with E-state index in [0.29, 0.717) is 0 Å². The Morgan fingerprint density at radius 2 is 2.18 bits per heavy atom. The van der Waals surface area contributed by atoms with Gasteiger partial charge in [0.15, 0.2) is 0 Å². The number of hydrogen-bond acceptors (Lipinski definition) is 4. The van der Waals surface area contributed by atoms with Crippen molar-refractivity contribution in [1.29, 1.82) is 0 Å². The van der Waals surface area contributed by atoms with Crippen molar-refractivity contribution in [3.63, 3.8) is 0 Å². The number of carbonyl (C=O) groups excluding carboxylic acids is 1. The van der Waals surface area contributed by atoms with Crippen molar-refractivity contribution < 1.29 is 22.7 Å². The number of nitrogens with zero attached hydrogens (tertiary/aromatic N) is 2. The summed E-state index contributed by atoms with van der Waals surface area (Å²) in [6.07, 6.45) is -3.49. The number of hydrogen-bond donors (Lipinski definition) is 1. The van der Waals surface area contributed by atoms with E-state index in [4.69, 9.17) is 0 Å². The van der Waals surface area contributed by atoms with Gasteiger partial charge in [0.25, 0.3) is 0 Å². The minimum atomic E-state index is -4.57. The highest BCUT2D eigenvalue weighted by atomic mass is 19.4. The molecule has 0 fully saturated rings. The number of halogens is 3. The largest absolute Gasteiger partial charge is 0.464 e. The number of pyridine rings is 1. The Balaban J connectivity index is 2.62. The SMILES string of the molecule is COC(=O)c1cc2c(C(F)(F)F)[nH]nc2cn1. The molecule has 0 aliphatic heterocycles. The van der Waals surface area contributed by atoms with Crippen LogP contribution in [-0.2, 0) is 10.9 Å². The lowest BCUT2D eigenvalue weighted by molar-refractivity contribution is -0.139. The van der Waals surface area contributed by atoms with Gasteiger partial charge in [-0.05, 0) is 6.07 Å². The predicted molar refractivity (Wildman–Crippen MR) is 50.2 cm³/mol. The standard InChI is InChI=1S/C9H6F3N3O2/c1-17-8(16)5-2-4-6(3-13-5)14-15-7(4)9(10,11)12/h2-3H,1H3,(H,14,15). The van der Waals surface area contributed by atoms with Gasteiger partial charge in [0.2, 0.25) is 0 Å². The van der Waals surface area contributed by atoms with E-state index in [0.717, 1.165) is 19.4 Å². The molecule has 0 atom stereocenters. The van der Waals surface area contributed by atoms with Crippen LogP contribution < -0.4 is 0 Å². The van der Waals surface area contributed by atoms with E-state index in [2.05, 4.69) is 14.8 Å². The number of H-pyrrole nitrogens is 1. The van der Waals surface area contributed by atoms with Crippen LogP contribution >= 0.6 is 0 Å². The van der Waals surface area contributed by atoms with Crippen LogP contribution in [0.2, 0.25) is 0 Å². The molecule has 0 unspecified atom stereocenters. The van der Waals surface area contributed by atoms with E-state index < -0.39 is 17.8 Å². The molecule has 0 bridgehead atoms. The van der Waals surface area contributed by atoms with Crippen LogP contribution in [-0.4, -0.2) is 28.3 Å². The highest BCUT2D eigenvalue weighted by Crippen LogP contribution is 2.32. The molecule has 5 nitrogen and oxygen atoms in total. The van der Waals surface area contributed by atoms with Gasteiger partial charge in [0.1, 0.15) is 16.9 Å². The second kappa shape index (κ2) is 3.72. The summed E-state index contributed by atoms with van der Waals surface area (Å²) in [5, 5.41) is 5.11. The molecule has 0 radical (unpaired) electrons. The van der Waals surface area contributed by atoms with Gasteiger partial charge in [-0.2, -0.15) is 18.3 Å². The monoisotopic (exact) mass is 245 g/mol. The van der Waals surface area contributed by atoms with Crippen molar-refractivity contribution in [3.8, 4) is 0 Å². The van der Waals surface area contributed by atoms with Gasteiger partial charge < -0.3 is 4.74 Å². The fraction of sp³-hybridized carbons (Fsp3) is 0.222. The Kier molecular flexibility index (Phi) is 2.49. The number of ether oxygens (including phenoxy) is 1. The summed E-state index contributed by atoms with van der Waals surface area (Å²) in [5.74, 6) is -0.804. The number of aromatic amines is 1. The number of carbonyl (C=O) groups is 1. The Morgan fingerprint density at radius 1 is 1.47 bits per heavy atom. The van der Waals surface area contributed by atoms with Crippen LogP contribution in [0.15, 0.2) is 12.3 Å². The normalized spacial score (nSPS) is 11.8. The summed E-state index contributed by atoms with van der Waals surface area (Å²) in [7, 11) is 1.12. The molecule has 0 spiro atoms. The van der Waals surface area contributed by atoms with Crippen LogP contribution in [0, 0.1) is 0 Å². The fourth-order valence-electron chi connectivity index (χ4n) is 1.35. The molecule has 2 heterocycles. The van der Waals surface area contributed by atoms with Crippen LogP contribution in [0.4, 0.5) is 13.2 Å². The summed E-state index contributed by atoms with van der Waals surface area (Å²) in [4.78, 5) is 14.8. The lowest BCUT2D eigenvalue weighted by Gasteiger charge is -2.03. The lowest BCUT2D eigenvalue weighted by Crippen LogP contribution is -2.07. The van der Waals surface area contributed by atoms with E-state index in [9.17, 15) is 18.0 Å². The molecule has 90 valence electrons. The molecule has 2 aromatic heterocycles. The average molecular weight is 245 g/mol. The van der Waals surface area contributed by atoms with E-state index in [1.807, 2.05) is 5.10 Å². The average Bonchev–Trinajstić information content (AvgIpc) is 2.70. The molecule has 2 aromatic rings. The van der Waals surface area contributed by atoms with E-state index >= 15 is 0 Å². The Bertz CT molecular complexity index is 576. The molecular formula is C9H6F3N3O2. The van der Waals surface area contributed by atoms with Crippen LogP contribution in [0.25, 0.3) is 10.9 Å². The maximum atomic E-state index is 12.6. The Hall–Kier alpha value is -2.12. The summed E-state index contributed by atoms with van der Waals surface area (Å²) < 4.78 is 42.0. The maximum Gasteiger partial charge on any atom is 0.433 e. The Morgan fingerprint density at radius 3 is 2.76 bits per heavy atom. The number of alkyl halides is 3. The maximum absolute atomic E-state index is 12.6. The van der Waals surface area contributed by atoms with Crippen molar-refractivity contribution in [1.82, 2.24) is 15.2 Å². The molecule has 2 rings (SSSR count). The van der Waals surface area contributed by atoms with E-state index in [-0.39, 0.29) is 16.6 Å². The van der Waals surface area contributed by atoms with E-state index in [1.165, 1.54) is 0 Å². The molecule has 0 aliphatic rings. The van der Waals surface area contributed by atoms with Crippen molar-refractivity contribution in [2.45, 2.75) is 6.18 Å². The highest BCUT2D eigenvalue weighted by molar-refractivity contribution is 5.92. The van der Waals surface area contributed by atoms with Crippen LogP contribution in [0.1, 0.15) is 16.2 Å². The van der Waals surface area contributed by atoms with Gasteiger partial charge in [-0.25, -0.2) is 9.78 Å². The zero-order chi connectivity index (χ0) is 12.6. The highest BCUT2D eigenvalue weighted by Gasteiger charge is 2.35. The molecule has 1 N–H and O–H groups in total. The minimum Gasteiger partial charge on any atom is -0.464 e. The number of fused-ring (bicyclic) bond motifs is 1. The van der Waals surface area contributed by atoms with Gasteiger partial charge in [0.05, 0.1) is 13.3 Å². The third-order valence-corrected chi connectivity index (χ3v) is 2.12. The number of esters is 1.